The van der Waals surface area contributed by atoms with Crippen LogP contribution in [0.5, 0.6) is 0 Å². The Bertz CT molecular complexity index is 1410. The van der Waals surface area contributed by atoms with Crippen LogP contribution in [0.15, 0.2) is 91.0 Å². The molecule has 2 heterocycles. The maximum Gasteiger partial charge on any atom is 0.0542 e. The molecule has 0 amide bonds. The van der Waals surface area contributed by atoms with Crippen LogP contribution < -0.4 is 4.90 Å². The van der Waals surface area contributed by atoms with Gasteiger partial charge in [0.15, 0.2) is 0 Å². The average Bonchev–Trinajstić information content (AvgIpc) is 2.96. The van der Waals surface area contributed by atoms with Gasteiger partial charge in [-0.05, 0) is 42.0 Å². The van der Waals surface area contributed by atoms with Crippen LogP contribution in [0.2, 0.25) is 0 Å². The van der Waals surface area contributed by atoms with Gasteiger partial charge in [-0.1, -0.05) is 66.7 Å². The van der Waals surface area contributed by atoms with Crippen LogP contribution in [0.1, 0.15) is 11.1 Å². The van der Waals surface area contributed by atoms with Crippen molar-refractivity contribution >= 4 is 51.0 Å². The molecule has 0 saturated carbocycles. The minimum absolute atomic E-state index is 1.17. The molecule has 6 rings (SSSR count). The van der Waals surface area contributed by atoms with E-state index in [1.165, 1.54) is 50.0 Å². The number of benzene rings is 4. The third-order valence-corrected chi connectivity index (χ3v) is 5.96. The van der Waals surface area contributed by atoms with Crippen LogP contribution in [0.25, 0.3) is 34.0 Å². The first-order valence-corrected chi connectivity index (χ1v) is 9.95. The monoisotopic (exact) mass is 372 g/mol. The van der Waals surface area contributed by atoms with Crippen molar-refractivity contribution in [3.05, 3.63) is 102 Å². The van der Waals surface area contributed by atoms with Gasteiger partial charge in [0, 0.05) is 40.1 Å². The molecular weight excluding hydrogens is 352 g/mol. The van der Waals surface area contributed by atoms with Crippen molar-refractivity contribution < 1.29 is 0 Å². The normalized spacial score (nSPS) is 12.8. The van der Waals surface area contributed by atoms with E-state index in [1.807, 2.05) is 0 Å². The topological polar surface area (TPSA) is 8.17 Å². The molecule has 138 valence electrons. The molecule has 0 radical (unpaired) electrons. The molecule has 0 spiro atoms. The fourth-order valence-electron chi connectivity index (χ4n) is 4.62. The number of hydrogen-bond donors (Lipinski definition) is 0. The van der Waals surface area contributed by atoms with Crippen LogP contribution in [0, 0.1) is 0 Å². The van der Waals surface area contributed by atoms with E-state index in [0.717, 1.165) is 0 Å². The maximum atomic E-state index is 2.38. The summed E-state index contributed by atoms with van der Waals surface area (Å²) in [5, 5.41) is 2.61. The van der Waals surface area contributed by atoms with E-state index in [2.05, 4.69) is 120 Å². The molecule has 1 aliphatic rings. The molecule has 1 aliphatic heterocycles. The molecule has 2 nitrogen and oxygen atoms in total. The highest BCUT2D eigenvalue weighted by atomic mass is 15.1. The highest BCUT2D eigenvalue weighted by Gasteiger charge is 2.22. The molecule has 29 heavy (non-hydrogen) atoms. The second kappa shape index (κ2) is 6.11. The van der Waals surface area contributed by atoms with E-state index < -0.39 is 0 Å². The molecule has 5 aromatic rings. The number of aryl methyl sites for hydroxylation is 1. The summed E-state index contributed by atoms with van der Waals surface area (Å²) in [6, 6.07) is 32.4. The lowest BCUT2D eigenvalue weighted by Gasteiger charge is -2.27. The van der Waals surface area contributed by atoms with Gasteiger partial charge >= 0.3 is 0 Å². The third kappa shape index (κ3) is 2.29. The quantitative estimate of drug-likeness (QED) is 0.294. The Kier molecular flexibility index (Phi) is 3.41. The Morgan fingerprint density at radius 1 is 0.586 bits per heavy atom. The van der Waals surface area contributed by atoms with Gasteiger partial charge in [0.25, 0.3) is 0 Å². The van der Waals surface area contributed by atoms with Gasteiger partial charge in [-0.25, -0.2) is 0 Å². The molecule has 0 atom stereocenters. The van der Waals surface area contributed by atoms with Crippen molar-refractivity contribution in [3.8, 4) is 0 Å². The zero-order valence-electron chi connectivity index (χ0n) is 16.2. The van der Waals surface area contributed by atoms with Crippen molar-refractivity contribution in [1.82, 2.24) is 4.57 Å². The molecule has 0 aliphatic carbocycles. The van der Waals surface area contributed by atoms with E-state index in [4.69, 9.17) is 0 Å². The largest absolute Gasteiger partial charge is 0.344 e. The second-order valence-electron chi connectivity index (χ2n) is 7.53. The third-order valence-electron chi connectivity index (χ3n) is 5.96. The number of aromatic nitrogens is 1. The first-order chi connectivity index (χ1) is 14.3. The highest BCUT2D eigenvalue weighted by molar-refractivity contribution is 6.15. The van der Waals surface area contributed by atoms with E-state index in [0.29, 0.717) is 0 Å². The summed E-state index contributed by atoms with van der Waals surface area (Å²) < 4.78 is 2.30. The molecule has 2 heteroatoms. The molecule has 0 fully saturated rings. The first-order valence-electron chi connectivity index (χ1n) is 9.95. The summed E-state index contributed by atoms with van der Waals surface area (Å²) in [6.45, 7) is 0. The summed E-state index contributed by atoms with van der Waals surface area (Å²) in [5.41, 5.74) is 8.59. The van der Waals surface area contributed by atoms with Crippen LogP contribution in [0.4, 0.5) is 17.1 Å². The Morgan fingerprint density at radius 2 is 1.34 bits per heavy atom. The van der Waals surface area contributed by atoms with E-state index in [1.54, 1.807) is 0 Å². The lowest BCUT2D eigenvalue weighted by Crippen LogP contribution is -2.11. The molecular formula is C27H20N2. The molecule has 4 aromatic carbocycles. The smallest absolute Gasteiger partial charge is 0.0542 e. The van der Waals surface area contributed by atoms with E-state index in [9.17, 15) is 0 Å². The first kappa shape index (κ1) is 16.2. The number of hydrogen-bond acceptors (Lipinski definition) is 1. The molecule has 0 saturated heterocycles. The predicted molar refractivity (Wildman–Crippen MR) is 124 cm³/mol. The second-order valence-corrected chi connectivity index (χ2v) is 7.53. The number of fused-ring (bicyclic) bond motifs is 6. The average molecular weight is 372 g/mol. The summed E-state index contributed by atoms with van der Waals surface area (Å²) in [7, 11) is 2.15. The van der Waals surface area contributed by atoms with Crippen molar-refractivity contribution in [2.45, 2.75) is 0 Å². The maximum absolute atomic E-state index is 2.38. The number of anilines is 3. The summed E-state index contributed by atoms with van der Waals surface area (Å²) in [4.78, 5) is 2.38. The number of rotatable bonds is 1. The van der Waals surface area contributed by atoms with Gasteiger partial charge in [0.1, 0.15) is 0 Å². The van der Waals surface area contributed by atoms with Crippen LogP contribution in [-0.4, -0.2) is 4.57 Å². The summed E-state index contributed by atoms with van der Waals surface area (Å²) in [6.07, 6.45) is 4.53. The number of nitrogens with zero attached hydrogens (tertiary/aromatic N) is 2. The molecule has 1 aromatic heterocycles. The fourth-order valence-corrected chi connectivity index (χ4v) is 4.62. The minimum atomic E-state index is 1.17. The summed E-state index contributed by atoms with van der Waals surface area (Å²) >= 11 is 0. The van der Waals surface area contributed by atoms with E-state index >= 15 is 0 Å². The zero-order valence-corrected chi connectivity index (χ0v) is 16.2. The Balaban J connectivity index is 1.76. The van der Waals surface area contributed by atoms with Crippen molar-refractivity contribution in [1.29, 1.82) is 0 Å². The van der Waals surface area contributed by atoms with Crippen LogP contribution in [0.3, 0.4) is 0 Å². The Labute approximate surface area is 169 Å². The predicted octanol–water partition coefficient (Wildman–Crippen LogP) is 7.29. The zero-order chi connectivity index (χ0) is 19.4. The Morgan fingerprint density at radius 3 is 2.24 bits per heavy atom. The molecule has 0 bridgehead atoms. The van der Waals surface area contributed by atoms with Crippen molar-refractivity contribution in [2.24, 2.45) is 7.05 Å². The Hall–Kier alpha value is -3.78. The molecule has 0 N–H and O–H groups in total. The van der Waals surface area contributed by atoms with Crippen molar-refractivity contribution in [2.75, 3.05) is 4.90 Å². The van der Waals surface area contributed by atoms with Gasteiger partial charge in [0.05, 0.1) is 11.4 Å². The van der Waals surface area contributed by atoms with Crippen molar-refractivity contribution in [3.63, 3.8) is 0 Å². The van der Waals surface area contributed by atoms with Crippen LogP contribution >= 0.6 is 0 Å². The van der Waals surface area contributed by atoms with Gasteiger partial charge in [-0.15, -0.1) is 0 Å². The standard InChI is InChI=1S/C27H20N2/c1-28-24-14-8-6-12-21(24)27-22-16-15-19-9-5-7-13-23(19)29(20-10-3-2-4-11-20)25(22)17-18-26(27)28/h2-18H,1H3. The molecule has 0 unspecified atom stereocenters. The lowest BCUT2D eigenvalue weighted by atomic mass is 10.0. The van der Waals surface area contributed by atoms with Gasteiger partial charge in [-0.3, -0.25) is 0 Å². The van der Waals surface area contributed by atoms with Gasteiger partial charge in [0.2, 0.25) is 0 Å². The highest BCUT2D eigenvalue weighted by Crippen LogP contribution is 2.45. The SMILES string of the molecule is Cn1c2ccccc2c2c3c(ccc21)N(c1ccccc1)c1ccccc1C=C3. The fraction of sp³-hybridized carbons (Fsp3) is 0.0370. The van der Waals surface area contributed by atoms with Crippen LogP contribution in [-0.2, 0) is 7.05 Å². The van der Waals surface area contributed by atoms with Gasteiger partial charge in [-0.2, -0.15) is 0 Å². The number of para-hydroxylation sites is 3. The van der Waals surface area contributed by atoms with Gasteiger partial charge < -0.3 is 9.47 Å². The minimum Gasteiger partial charge on any atom is -0.344 e. The summed E-state index contributed by atoms with van der Waals surface area (Å²) in [5.74, 6) is 0. The van der Waals surface area contributed by atoms with E-state index in [-0.39, 0.29) is 0 Å². The lowest BCUT2D eigenvalue weighted by molar-refractivity contribution is 1.01.